The maximum atomic E-state index is 10.9. The van der Waals surface area contributed by atoms with E-state index in [1.807, 2.05) is 13.8 Å². The predicted molar refractivity (Wildman–Crippen MR) is 73.5 cm³/mol. The molecule has 0 saturated carbocycles. The first-order valence-electron chi connectivity index (χ1n) is 5.89. The Labute approximate surface area is 114 Å². The van der Waals surface area contributed by atoms with Crippen LogP contribution in [0, 0.1) is 11.8 Å². The van der Waals surface area contributed by atoms with Gasteiger partial charge in [0, 0.05) is 25.7 Å². The van der Waals surface area contributed by atoms with Crippen LogP contribution in [0.25, 0.3) is 0 Å². The third-order valence-corrected chi connectivity index (χ3v) is 2.96. The number of hydrogen-bond acceptors (Lipinski definition) is 5. The molecule has 0 spiro atoms. The minimum Gasteiger partial charge on any atom is -0.458 e. The molecule has 0 radical (unpaired) electrons. The quantitative estimate of drug-likeness (QED) is 0.476. The van der Waals surface area contributed by atoms with Crippen LogP contribution in [0.5, 0.6) is 0 Å². The first kappa shape index (κ1) is 17.0. The number of ether oxygens (including phenoxy) is 2. The minimum absolute atomic E-state index is 0.137. The van der Waals surface area contributed by atoms with Gasteiger partial charge in [0.1, 0.15) is 12.2 Å². The van der Waals surface area contributed by atoms with Crippen LogP contribution in [0.15, 0.2) is 12.2 Å². The number of esters is 2. The molecule has 4 unspecified atom stereocenters. The Morgan fingerprint density at radius 2 is 1.17 bits per heavy atom. The van der Waals surface area contributed by atoms with Gasteiger partial charge >= 0.3 is 11.9 Å². The second-order valence-corrected chi connectivity index (χ2v) is 4.25. The topological polar surface area (TPSA) is 52.6 Å². The Kier molecular flexibility index (Phi) is 7.75. The normalized spacial score (nSPS) is 29.9. The van der Waals surface area contributed by atoms with Crippen molar-refractivity contribution < 1.29 is 19.1 Å². The molecule has 1 rings (SSSR count). The molecule has 1 aliphatic rings. The molecule has 0 bridgehead atoms. The van der Waals surface area contributed by atoms with Gasteiger partial charge in [0.2, 0.25) is 0 Å². The van der Waals surface area contributed by atoms with Gasteiger partial charge in [-0.1, -0.05) is 13.8 Å². The van der Waals surface area contributed by atoms with Crippen LogP contribution in [0.3, 0.4) is 0 Å². The molecular formula is C13H22O4S. The van der Waals surface area contributed by atoms with Gasteiger partial charge in [-0.05, 0) is 18.4 Å². The molecule has 0 aliphatic heterocycles. The number of thiol groups is 1. The fourth-order valence-corrected chi connectivity index (χ4v) is 1.84. The second kappa shape index (κ2) is 8.19. The van der Waals surface area contributed by atoms with Crippen molar-refractivity contribution >= 4 is 24.6 Å². The van der Waals surface area contributed by atoms with Gasteiger partial charge in [0.25, 0.3) is 0 Å². The summed E-state index contributed by atoms with van der Waals surface area (Å²) in [7, 11) is 0. The number of carbonyl (C=O) groups is 2. The molecule has 0 aromatic heterocycles. The molecule has 18 heavy (non-hydrogen) atoms. The lowest BCUT2D eigenvalue weighted by Gasteiger charge is -2.34. The molecule has 1 aliphatic carbocycles. The Morgan fingerprint density at radius 3 is 1.39 bits per heavy atom. The smallest absolute Gasteiger partial charge is 0.303 e. The molecule has 4 atom stereocenters. The van der Waals surface area contributed by atoms with E-state index < -0.39 is 0 Å². The maximum absolute atomic E-state index is 10.9. The highest BCUT2D eigenvalue weighted by Crippen LogP contribution is 2.29. The third-order valence-electron chi connectivity index (χ3n) is 2.96. The van der Waals surface area contributed by atoms with Crippen molar-refractivity contribution in [2.75, 3.05) is 6.26 Å². The molecular weight excluding hydrogens is 252 g/mol. The summed E-state index contributed by atoms with van der Waals surface area (Å²) in [6, 6.07) is 0. The highest BCUT2D eigenvalue weighted by atomic mass is 32.1. The van der Waals surface area contributed by atoms with E-state index in [9.17, 15) is 9.59 Å². The number of carbonyl (C=O) groups excluding carboxylic acids is 2. The monoisotopic (exact) mass is 274 g/mol. The van der Waals surface area contributed by atoms with E-state index in [1.54, 1.807) is 18.4 Å². The summed E-state index contributed by atoms with van der Waals surface area (Å²) in [5, 5.41) is 0. The van der Waals surface area contributed by atoms with E-state index in [0.29, 0.717) is 0 Å². The van der Waals surface area contributed by atoms with Crippen LogP contribution >= 0.6 is 12.6 Å². The highest BCUT2D eigenvalue weighted by molar-refractivity contribution is 7.79. The van der Waals surface area contributed by atoms with Crippen LogP contribution in [-0.2, 0) is 19.1 Å². The molecule has 4 nitrogen and oxygen atoms in total. The van der Waals surface area contributed by atoms with Crippen molar-refractivity contribution in [1.29, 1.82) is 0 Å². The lowest BCUT2D eigenvalue weighted by molar-refractivity contribution is -0.154. The second-order valence-electron chi connectivity index (χ2n) is 4.25. The molecule has 0 aromatic carbocycles. The predicted octanol–water partition coefficient (Wildman–Crippen LogP) is 2.24. The fraction of sp³-hybridized carbons (Fsp3) is 0.692. The number of hydrogen-bond donors (Lipinski definition) is 1. The van der Waals surface area contributed by atoms with Crippen molar-refractivity contribution in [2.24, 2.45) is 11.8 Å². The van der Waals surface area contributed by atoms with Crippen molar-refractivity contribution in [3.8, 4) is 0 Å². The number of rotatable bonds is 2. The summed E-state index contributed by atoms with van der Waals surface area (Å²) in [6.07, 6.45) is 4.83. The van der Waals surface area contributed by atoms with E-state index in [1.165, 1.54) is 13.8 Å². The average Bonchev–Trinajstić information content (AvgIpc) is 2.30. The summed E-state index contributed by atoms with van der Waals surface area (Å²) in [6.45, 7) is 6.75. The highest BCUT2D eigenvalue weighted by Gasteiger charge is 2.33. The van der Waals surface area contributed by atoms with Crippen molar-refractivity contribution in [3.05, 3.63) is 12.2 Å². The van der Waals surface area contributed by atoms with Gasteiger partial charge in [0.15, 0.2) is 0 Å². The average molecular weight is 274 g/mol. The molecule has 104 valence electrons. The van der Waals surface area contributed by atoms with Crippen LogP contribution in [0.1, 0.15) is 27.7 Å². The van der Waals surface area contributed by atoms with E-state index in [0.717, 1.165) is 0 Å². The first-order chi connectivity index (χ1) is 8.41. The largest absolute Gasteiger partial charge is 0.458 e. The summed E-state index contributed by atoms with van der Waals surface area (Å²) >= 11 is 3.53. The molecule has 0 saturated heterocycles. The molecule has 0 aromatic rings. The molecule has 0 N–H and O–H groups in total. The minimum atomic E-state index is -0.292. The fourth-order valence-electron chi connectivity index (χ4n) is 1.84. The molecule has 0 heterocycles. The van der Waals surface area contributed by atoms with E-state index >= 15 is 0 Å². The summed E-state index contributed by atoms with van der Waals surface area (Å²) in [5.74, 6) is -0.309. The molecule has 0 amide bonds. The summed E-state index contributed by atoms with van der Waals surface area (Å²) in [4.78, 5) is 21.8. The first-order valence-corrected chi connectivity index (χ1v) is 6.78. The van der Waals surface area contributed by atoms with Crippen LogP contribution in [-0.4, -0.2) is 30.4 Å². The van der Waals surface area contributed by atoms with Gasteiger partial charge in [0.05, 0.1) is 0 Å². The lowest BCUT2D eigenvalue weighted by atomic mass is 9.81. The van der Waals surface area contributed by atoms with Gasteiger partial charge < -0.3 is 9.47 Å². The van der Waals surface area contributed by atoms with Crippen molar-refractivity contribution in [3.63, 3.8) is 0 Å². The molecule has 0 fully saturated rings. The Morgan fingerprint density at radius 1 is 0.889 bits per heavy atom. The lowest BCUT2D eigenvalue weighted by Crippen LogP contribution is -2.38. The molecule has 5 heteroatoms. The Balaban J connectivity index is 0.00000137. The van der Waals surface area contributed by atoms with Gasteiger partial charge in [-0.25, -0.2) is 0 Å². The van der Waals surface area contributed by atoms with E-state index in [2.05, 4.69) is 12.6 Å². The van der Waals surface area contributed by atoms with Crippen LogP contribution < -0.4 is 0 Å². The van der Waals surface area contributed by atoms with Crippen molar-refractivity contribution in [1.82, 2.24) is 0 Å². The standard InChI is InChI=1S/C12H18O4.CH4S/c1-7-8(2)12(16-10(4)14)6-5-11(7)15-9(3)13;1-2/h5-8,11-12H,1-4H3;2H,1H3. The Bertz CT molecular complexity index is 284. The van der Waals surface area contributed by atoms with E-state index in [4.69, 9.17) is 9.47 Å². The van der Waals surface area contributed by atoms with Crippen molar-refractivity contribution in [2.45, 2.75) is 39.9 Å². The zero-order valence-corrected chi connectivity index (χ0v) is 12.4. The Hall–Kier alpha value is -0.970. The maximum Gasteiger partial charge on any atom is 0.303 e. The van der Waals surface area contributed by atoms with Crippen LogP contribution in [0.2, 0.25) is 0 Å². The SMILES string of the molecule is CC(=O)OC1C=CC(OC(C)=O)C(C)C1C.CS. The van der Waals surface area contributed by atoms with Gasteiger partial charge in [-0.3, -0.25) is 9.59 Å². The summed E-state index contributed by atoms with van der Waals surface area (Å²) in [5.41, 5.74) is 0. The van der Waals surface area contributed by atoms with E-state index in [-0.39, 0.29) is 36.0 Å². The van der Waals surface area contributed by atoms with Crippen LogP contribution in [0.4, 0.5) is 0 Å². The third kappa shape index (κ3) is 5.12. The zero-order chi connectivity index (χ0) is 14.3. The summed E-state index contributed by atoms with van der Waals surface area (Å²) < 4.78 is 10.3. The van der Waals surface area contributed by atoms with Gasteiger partial charge in [-0.2, -0.15) is 12.6 Å². The van der Waals surface area contributed by atoms with Gasteiger partial charge in [-0.15, -0.1) is 0 Å². The zero-order valence-electron chi connectivity index (χ0n) is 11.5.